The van der Waals surface area contributed by atoms with Crippen LogP contribution in [0.2, 0.25) is 0 Å². The van der Waals surface area contributed by atoms with Crippen molar-refractivity contribution in [3.63, 3.8) is 0 Å². The van der Waals surface area contributed by atoms with E-state index in [1.807, 2.05) is 19.1 Å². The van der Waals surface area contributed by atoms with Crippen LogP contribution in [0, 0.1) is 40.9 Å². The summed E-state index contributed by atoms with van der Waals surface area (Å²) in [5, 5.41) is 30.7. The Labute approximate surface area is 238 Å². The van der Waals surface area contributed by atoms with Crippen LogP contribution < -0.4 is 20.7 Å². The van der Waals surface area contributed by atoms with Crippen molar-refractivity contribution in [1.82, 2.24) is 20.3 Å². The van der Waals surface area contributed by atoms with Gasteiger partial charge in [-0.2, -0.15) is 10.2 Å². The van der Waals surface area contributed by atoms with Crippen molar-refractivity contribution in [3.8, 4) is 11.9 Å². The first kappa shape index (κ1) is 28.6. The second kappa shape index (κ2) is 12.7. The Morgan fingerprint density at radius 1 is 1.10 bits per heavy atom. The molecule has 0 radical (unpaired) electrons. The molecule has 0 amide bonds. The van der Waals surface area contributed by atoms with Gasteiger partial charge in [-0.25, -0.2) is 9.97 Å². The van der Waals surface area contributed by atoms with Crippen molar-refractivity contribution < 1.29 is 9.84 Å². The van der Waals surface area contributed by atoms with Crippen LogP contribution in [0.1, 0.15) is 76.3 Å². The van der Waals surface area contributed by atoms with E-state index in [9.17, 15) is 10.4 Å². The first-order valence-electron chi connectivity index (χ1n) is 15.0. The largest absolute Gasteiger partial charge is 0.481 e. The maximum Gasteiger partial charge on any atom is 0.224 e. The number of fused-ring (bicyclic) bond motifs is 2. The Hall–Kier alpha value is -2.96. The minimum Gasteiger partial charge on any atom is -0.481 e. The predicted molar refractivity (Wildman–Crippen MR) is 156 cm³/mol. The van der Waals surface area contributed by atoms with E-state index in [4.69, 9.17) is 4.74 Å². The van der Waals surface area contributed by atoms with Crippen LogP contribution in [0.15, 0.2) is 24.5 Å². The third-order valence-electron chi connectivity index (χ3n) is 9.54. The average Bonchev–Trinajstić information content (AvgIpc) is 2.95. The van der Waals surface area contributed by atoms with Gasteiger partial charge in [-0.15, -0.1) is 0 Å². The topological polar surface area (TPSA) is 128 Å². The number of aliphatic hydroxyl groups is 1. The highest BCUT2D eigenvalue weighted by Gasteiger charge is 2.41. The van der Waals surface area contributed by atoms with Gasteiger partial charge in [-0.05, 0) is 100 Å². The van der Waals surface area contributed by atoms with E-state index >= 15 is 0 Å². The van der Waals surface area contributed by atoms with Crippen molar-refractivity contribution in [2.24, 2.45) is 29.6 Å². The number of nitrogens with zero attached hydrogens (tertiary/aromatic N) is 4. The normalized spacial score (nSPS) is 31.7. The summed E-state index contributed by atoms with van der Waals surface area (Å²) in [5.74, 6) is 5.02. The molecule has 0 aliphatic heterocycles. The summed E-state index contributed by atoms with van der Waals surface area (Å²) in [6.45, 7) is 6.77. The Balaban J connectivity index is 1.16. The molecule has 5 rings (SSSR count). The summed E-state index contributed by atoms with van der Waals surface area (Å²) in [6, 6.07) is 6.62. The zero-order valence-corrected chi connectivity index (χ0v) is 24.2. The average molecular weight is 548 g/mol. The second-order valence-electron chi connectivity index (χ2n) is 12.8. The van der Waals surface area contributed by atoms with Crippen molar-refractivity contribution >= 4 is 11.8 Å². The Morgan fingerprint density at radius 2 is 1.93 bits per heavy atom. The lowest BCUT2D eigenvalue weighted by atomic mass is 9.62. The third kappa shape index (κ3) is 7.02. The summed E-state index contributed by atoms with van der Waals surface area (Å²) < 4.78 is 5.34. The smallest absolute Gasteiger partial charge is 0.224 e. The van der Waals surface area contributed by atoms with Gasteiger partial charge in [-0.3, -0.25) is 0 Å². The molecule has 3 saturated carbocycles. The highest BCUT2D eigenvalue weighted by atomic mass is 16.5. The number of aromatic nitrogens is 3. The molecule has 9 heteroatoms. The molecule has 0 spiro atoms. The molecule has 3 aliphatic carbocycles. The van der Waals surface area contributed by atoms with Gasteiger partial charge >= 0.3 is 0 Å². The quantitative estimate of drug-likeness (QED) is 0.333. The molecule has 2 aromatic heterocycles. The van der Waals surface area contributed by atoms with E-state index in [1.54, 1.807) is 19.5 Å². The van der Waals surface area contributed by atoms with Gasteiger partial charge in [0.1, 0.15) is 17.5 Å². The molecule has 2 heterocycles. The van der Waals surface area contributed by atoms with Crippen LogP contribution in [0.3, 0.4) is 0 Å². The summed E-state index contributed by atoms with van der Waals surface area (Å²) >= 11 is 0. The van der Waals surface area contributed by atoms with Gasteiger partial charge in [-0.1, -0.05) is 13.0 Å². The molecule has 40 heavy (non-hydrogen) atoms. The number of nitrogens with one attached hydrogen (secondary N) is 3. The van der Waals surface area contributed by atoms with Crippen LogP contribution in [0.4, 0.5) is 11.8 Å². The van der Waals surface area contributed by atoms with E-state index in [0.29, 0.717) is 59.5 Å². The van der Waals surface area contributed by atoms with Crippen molar-refractivity contribution in [2.75, 3.05) is 30.8 Å². The molecular formula is C31H45N7O2. The molecule has 2 aromatic rings. The summed E-state index contributed by atoms with van der Waals surface area (Å²) in [4.78, 5) is 13.2. The van der Waals surface area contributed by atoms with Crippen molar-refractivity contribution in [2.45, 2.75) is 83.4 Å². The number of hydrogen-bond acceptors (Lipinski definition) is 9. The standard InChI is InChI=1S/C31H45N7O2/c1-20-11-22-12-23(14-25(13-22)27(20)34-16-21-6-8-31(2,39)9-7-21)17-35-28-26(15-32)19-37-30(38-28)36-18-24-5-4-10-33-29(24)40-3/h4-5,10,19-23,25,27,34,39H,6-9,11-14,16-18H2,1-3H3,(H2,35,36,37,38)/t20-,21?,22?,23-,25-,27+,31?/m1/s1. The van der Waals surface area contributed by atoms with Gasteiger partial charge in [0.15, 0.2) is 0 Å². The van der Waals surface area contributed by atoms with Gasteiger partial charge in [0.2, 0.25) is 11.8 Å². The summed E-state index contributed by atoms with van der Waals surface area (Å²) in [5.41, 5.74) is 0.902. The number of methoxy groups -OCH3 is 1. The Bertz CT molecular complexity index is 1170. The first-order valence-corrected chi connectivity index (χ1v) is 15.0. The van der Waals surface area contributed by atoms with Crippen LogP contribution >= 0.6 is 0 Å². The van der Waals surface area contributed by atoms with Crippen LogP contribution in [0.5, 0.6) is 5.88 Å². The number of pyridine rings is 1. The lowest BCUT2D eigenvalue weighted by molar-refractivity contribution is 0.00543. The highest BCUT2D eigenvalue weighted by Crippen LogP contribution is 2.45. The van der Waals surface area contributed by atoms with E-state index in [-0.39, 0.29) is 0 Å². The summed E-state index contributed by atoms with van der Waals surface area (Å²) in [6.07, 6.45) is 12.4. The van der Waals surface area contributed by atoms with Crippen molar-refractivity contribution in [3.05, 3.63) is 35.7 Å². The minimum atomic E-state index is -0.468. The molecule has 216 valence electrons. The fourth-order valence-electron chi connectivity index (χ4n) is 7.42. The van der Waals surface area contributed by atoms with E-state index in [2.05, 4.69) is 43.9 Å². The lowest BCUT2D eigenvalue weighted by Gasteiger charge is -2.48. The van der Waals surface area contributed by atoms with Crippen LogP contribution in [0.25, 0.3) is 0 Å². The summed E-state index contributed by atoms with van der Waals surface area (Å²) in [7, 11) is 1.60. The highest BCUT2D eigenvalue weighted by molar-refractivity contribution is 5.53. The third-order valence-corrected chi connectivity index (χ3v) is 9.54. The molecule has 4 N–H and O–H groups in total. The molecule has 0 saturated heterocycles. The van der Waals surface area contributed by atoms with E-state index in [0.717, 1.165) is 50.3 Å². The maximum absolute atomic E-state index is 10.3. The first-order chi connectivity index (χ1) is 19.3. The van der Waals surface area contributed by atoms with Crippen molar-refractivity contribution in [1.29, 1.82) is 5.26 Å². The Kier molecular flexibility index (Phi) is 9.07. The predicted octanol–water partition coefficient (Wildman–Crippen LogP) is 4.75. The SMILES string of the molecule is COc1ncccc1CNc1ncc(C#N)c(NC[C@@H]2CC3C[C@H](C2)[C@@H](NCC2CCC(C)(O)CC2)[C@H](C)C3)n1. The molecule has 3 fully saturated rings. The van der Waals surface area contributed by atoms with Gasteiger partial charge in [0, 0.05) is 30.9 Å². The number of anilines is 2. The van der Waals surface area contributed by atoms with Crippen LogP contribution in [-0.4, -0.2) is 51.9 Å². The molecule has 0 aromatic carbocycles. The molecule has 9 nitrogen and oxygen atoms in total. The zero-order valence-electron chi connectivity index (χ0n) is 24.2. The molecule has 5 atom stereocenters. The monoisotopic (exact) mass is 547 g/mol. The molecule has 1 unspecified atom stereocenters. The van der Waals surface area contributed by atoms with Gasteiger partial charge in [0.05, 0.1) is 18.9 Å². The van der Waals surface area contributed by atoms with E-state index < -0.39 is 5.60 Å². The minimum absolute atomic E-state index is 0.458. The number of ether oxygens (including phenoxy) is 1. The fourth-order valence-corrected chi connectivity index (χ4v) is 7.42. The number of rotatable bonds is 10. The van der Waals surface area contributed by atoms with Crippen LogP contribution in [-0.2, 0) is 6.54 Å². The van der Waals surface area contributed by atoms with Gasteiger partial charge < -0.3 is 25.8 Å². The zero-order chi connectivity index (χ0) is 28.1. The lowest BCUT2D eigenvalue weighted by Crippen LogP contribution is -2.51. The Morgan fingerprint density at radius 3 is 2.70 bits per heavy atom. The molecule has 3 aliphatic rings. The fraction of sp³-hybridized carbons (Fsp3) is 0.677. The van der Waals surface area contributed by atoms with Gasteiger partial charge in [0.25, 0.3) is 0 Å². The number of hydrogen-bond donors (Lipinski definition) is 4. The molecule has 2 bridgehead atoms. The van der Waals surface area contributed by atoms with E-state index in [1.165, 1.54) is 25.7 Å². The molecular weight excluding hydrogens is 502 g/mol. The second-order valence-corrected chi connectivity index (χ2v) is 12.8. The number of nitriles is 1. The maximum atomic E-state index is 10.3.